The van der Waals surface area contributed by atoms with E-state index in [1.165, 1.54) is 0 Å². The third kappa shape index (κ3) is 2.89. The molecule has 0 fully saturated rings. The SMILES string of the molecule is COC(=O)c1cc(N)cn1CC(F)(F)C(F)F. The highest BCUT2D eigenvalue weighted by atomic mass is 19.3. The van der Waals surface area contributed by atoms with Crippen molar-refractivity contribution >= 4 is 11.7 Å². The van der Waals surface area contributed by atoms with Crippen LogP contribution >= 0.6 is 0 Å². The molecule has 0 aliphatic carbocycles. The maximum absolute atomic E-state index is 12.8. The molecule has 0 saturated carbocycles. The summed E-state index contributed by atoms with van der Waals surface area (Å²) in [6.45, 7) is -1.34. The highest BCUT2D eigenvalue weighted by Gasteiger charge is 2.41. The Bertz CT molecular complexity index is 417. The number of carbonyl (C=O) groups excluding carboxylic acids is 1. The van der Waals surface area contributed by atoms with Gasteiger partial charge >= 0.3 is 18.3 Å². The first-order chi connectivity index (χ1) is 7.77. The van der Waals surface area contributed by atoms with E-state index in [-0.39, 0.29) is 11.4 Å². The summed E-state index contributed by atoms with van der Waals surface area (Å²) < 4.78 is 54.6. The number of carbonyl (C=O) groups is 1. The van der Waals surface area contributed by atoms with E-state index in [0.29, 0.717) is 4.57 Å². The van der Waals surface area contributed by atoms with Gasteiger partial charge in [0.05, 0.1) is 19.3 Å². The molecule has 0 aromatic carbocycles. The predicted molar refractivity (Wildman–Crippen MR) is 51.1 cm³/mol. The third-order valence-corrected chi connectivity index (χ3v) is 2.01. The summed E-state index contributed by atoms with van der Waals surface area (Å²) in [4.78, 5) is 11.2. The number of ether oxygens (including phenoxy) is 1. The van der Waals surface area contributed by atoms with E-state index < -0.39 is 24.9 Å². The maximum atomic E-state index is 12.8. The maximum Gasteiger partial charge on any atom is 0.354 e. The van der Waals surface area contributed by atoms with Crippen molar-refractivity contribution < 1.29 is 27.1 Å². The lowest BCUT2D eigenvalue weighted by Gasteiger charge is -2.17. The molecule has 4 nitrogen and oxygen atoms in total. The van der Waals surface area contributed by atoms with Gasteiger partial charge in [-0.1, -0.05) is 0 Å². The Kier molecular flexibility index (Phi) is 3.64. The summed E-state index contributed by atoms with van der Waals surface area (Å²) in [5.74, 6) is -5.17. The average Bonchev–Trinajstić information content (AvgIpc) is 2.57. The molecule has 1 heterocycles. The van der Waals surface area contributed by atoms with E-state index in [4.69, 9.17) is 5.73 Å². The fraction of sp³-hybridized carbons (Fsp3) is 0.444. The topological polar surface area (TPSA) is 57.2 Å². The van der Waals surface area contributed by atoms with E-state index in [1.54, 1.807) is 0 Å². The average molecular weight is 254 g/mol. The summed E-state index contributed by atoms with van der Waals surface area (Å²) in [6, 6.07) is 1.08. The van der Waals surface area contributed by atoms with Crippen LogP contribution < -0.4 is 5.73 Å². The minimum absolute atomic E-state index is 0.00969. The molecule has 0 atom stereocenters. The number of nitrogens with zero attached hydrogens (tertiary/aromatic N) is 1. The van der Waals surface area contributed by atoms with Crippen LogP contribution in [0.4, 0.5) is 23.2 Å². The molecule has 0 spiro atoms. The molecule has 1 aromatic rings. The molecular formula is C9H10F4N2O2. The van der Waals surface area contributed by atoms with Gasteiger partial charge in [-0.25, -0.2) is 13.6 Å². The lowest BCUT2D eigenvalue weighted by atomic mass is 10.3. The molecule has 1 aromatic heterocycles. The Balaban J connectivity index is 3.02. The molecular weight excluding hydrogens is 244 g/mol. The molecule has 0 saturated heterocycles. The van der Waals surface area contributed by atoms with Crippen molar-refractivity contribution in [2.45, 2.75) is 18.9 Å². The number of nitrogens with two attached hydrogens (primary N) is 1. The Hall–Kier alpha value is -1.73. The van der Waals surface area contributed by atoms with Crippen LogP contribution in [0.25, 0.3) is 0 Å². The first-order valence-corrected chi connectivity index (χ1v) is 4.48. The number of rotatable bonds is 4. The predicted octanol–water partition coefficient (Wildman–Crippen LogP) is 1.76. The number of anilines is 1. The van der Waals surface area contributed by atoms with Crippen molar-refractivity contribution in [3.05, 3.63) is 18.0 Å². The second-order valence-electron chi connectivity index (χ2n) is 3.34. The fourth-order valence-electron chi connectivity index (χ4n) is 1.24. The van der Waals surface area contributed by atoms with Gasteiger partial charge in [-0.3, -0.25) is 0 Å². The van der Waals surface area contributed by atoms with Crippen LogP contribution in [0.15, 0.2) is 12.3 Å². The Morgan fingerprint density at radius 1 is 1.59 bits per heavy atom. The van der Waals surface area contributed by atoms with Crippen LogP contribution in [0.5, 0.6) is 0 Å². The van der Waals surface area contributed by atoms with Gasteiger partial charge < -0.3 is 15.0 Å². The zero-order valence-corrected chi connectivity index (χ0v) is 8.79. The van der Waals surface area contributed by atoms with Crippen LogP contribution in [-0.4, -0.2) is 30.0 Å². The van der Waals surface area contributed by atoms with Gasteiger partial charge in [0.1, 0.15) is 5.69 Å². The normalized spacial score (nSPS) is 11.9. The minimum atomic E-state index is -4.24. The third-order valence-electron chi connectivity index (χ3n) is 2.01. The number of hydrogen-bond donors (Lipinski definition) is 1. The Morgan fingerprint density at radius 2 is 2.18 bits per heavy atom. The van der Waals surface area contributed by atoms with Crippen LogP contribution in [0.1, 0.15) is 10.5 Å². The summed E-state index contributed by atoms with van der Waals surface area (Å²) in [7, 11) is 1.04. The monoisotopic (exact) mass is 254 g/mol. The lowest BCUT2D eigenvalue weighted by Crippen LogP contribution is -2.33. The smallest absolute Gasteiger partial charge is 0.354 e. The van der Waals surface area contributed by atoms with Crippen molar-refractivity contribution in [2.75, 3.05) is 12.8 Å². The quantitative estimate of drug-likeness (QED) is 0.658. The van der Waals surface area contributed by atoms with Gasteiger partial charge in [-0.15, -0.1) is 0 Å². The zero-order chi connectivity index (χ0) is 13.2. The molecule has 96 valence electrons. The van der Waals surface area contributed by atoms with Crippen molar-refractivity contribution in [1.29, 1.82) is 0 Å². The molecule has 8 heteroatoms. The van der Waals surface area contributed by atoms with Crippen molar-refractivity contribution in [3.8, 4) is 0 Å². The number of methoxy groups -OCH3 is 1. The fourth-order valence-corrected chi connectivity index (χ4v) is 1.24. The second kappa shape index (κ2) is 4.64. The van der Waals surface area contributed by atoms with Gasteiger partial charge in [0.25, 0.3) is 0 Å². The van der Waals surface area contributed by atoms with Crippen molar-refractivity contribution in [2.24, 2.45) is 0 Å². The molecule has 1 rings (SSSR count). The summed E-state index contributed by atoms with van der Waals surface area (Å²) >= 11 is 0. The second-order valence-corrected chi connectivity index (χ2v) is 3.34. The standard InChI is InChI=1S/C9H10F4N2O2/c1-17-7(16)6-2-5(14)3-15(6)4-9(12,13)8(10)11/h2-3,8H,4,14H2,1H3. The van der Waals surface area contributed by atoms with Crippen molar-refractivity contribution in [1.82, 2.24) is 4.57 Å². The summed E-state index contributed by atoms with van der Waals surface area (Å²) in [6.07, 6.45) is -2.85. The van der Waals surface area contributed by atoms with E-state index in [1.807, 2.05) is 0 Å². The Labute approximate surface area is 94.0 Å². The van der Waals surface area contributed by atoms with Crippen LogP contribution in [-0.2, 0) is 11.3 Å². The number of hydrogen-bond acceptors (Lipinski definition) is 3. The molecule has 0 unspecified atom stereocenters. The molecule has 0 aliphatic rings. The van der Waals surface area contributed by atoms with Gasteiger partial charge in [0, 0.05) is 6.20 Å². The molecule has 0 aliphatic heterocycles. The molecule has 2 N–H and O–H groups in total. The number of nitrogen functional groups attached to an aromatic ring is 1. The van der Waals surface area contributed by atoms with E-state index in [0.717, 1.165) is 19.4 Å². The van der Waals surface area contributed by atoms with E-state index in [2.05, 4.69) is 4.74 Å². The molecule has 0 amide bonds. The lowest BCUT2D eigenvalue weighted by molar-refractivity contribution is -0.137. The molecule has 0 bridgehead atoms. The number of alkyl halides is 4. The van der Waals surface area contributed by atoms with Crippen molar-refractivity contribution in [3.63, 3.8) is 0 Å². The van der Waals surface area contributed by atoms with Gasteiger partial charge in [-0.2, -0.15) is 8.78 Å². The number of aromatic nitrogens is 1. The van der Waals surface area contributed by atoms with E-state index in [9.17, 15) is 22.4 Å². The van der Waals surface area contributed by atoms with E-state index >= 15 is 0 Å². The Morgan fingerprint density at radius 3 is 2.65 bits per heavy atom. The number of esters is 1. The van der Waals surface area contributed by atoms with Crippen LogP contribution in [0.3, 0.4) is 0 Å². The summed E-state index contributed by atoms with van der Waals surface area (Å²) in [5, 5.41) is 0. The zero-order valence-electron chi connectivity index (χ0n) is 8.79. The molecule has 0 radical (unpaired) electrons. The first kappa shape index (κ1) is 13.3. The van der Waals surface area contributed by atoms with Crippen LogP contribution in [0, 0.1) is 0 Å². The van der Waals surface area contributed by atoms with Gasteiger partial charge in [0.2, 0.25) is 0 Å². The van der Waals surface area contributed by atoms with Gasteiger partial charge in [0.15, 0.2) is 0 Å². The molecule has 17 heavy (non-hydrogen) atoms. The van der Waals surface area contributed by atoms with Crippen LogP contribution in [0.2, 0.25) is 0 Å². The minimum Gasteiger partial charge on any atom is -0.464 e. The first-order valence-electron chi connectivity index (χ1n) is 4.48. The summed E-state index contributed by atoms with van der Waals surface area (Å²) in [5.41, 5.74) is 5.01. The largest absolute Gasteiger partial charge is 0.464 e. The highest BCUT2D eigenvalue weighted by Crippen LogP contribution is 2.26. The highest BCUT2D eigenvalue weighted by molar-refractivity contribution is 5.88. The van der Waals surface area contributed by atoms with Gasteiger partial charge in [-0.05, 0) is 6.07 Å². The number of halogens is 4.